The van der Waals surface area contributed by atoms with Crippen LogP contribution in [-0.4, -0.2) is 0 Å². The molecule has 0 aliphatic rings. The van der Waals surface area contributed by atoms with Crippen LogP contribution in [0.4, 0.5) is 0 Å². The fraction of sp³-hybridized carbons (Fsp3) is 0.0800. The van der Waals surface area contributed by atoms with Crippen molar-refractivity contribution < 1.29 is 4.42 Å². The molecule has 0 unspecified atom stereocenters. The highest BCUT2D eigenvalue weighted by atomic mass is 35.5. The molecular weight excluding hydrogens is 366 g/mol. The Labute approximate surface area is 169 Å². The maximum atomic E-state index is 9.52. The van der Waals surface area contributed by atoms with Gasteiger partial charge in [0, 0.05) is 22.3 Å². The second kappa shape index (κ2) is 7.76. The van der Waals surface area contributed by atoms with E-state index in [1.54, 1.807) is 0 Å². The van der Waals surface area contributed by atoms with Gasteiger partial charge in [-0.2, -0.15) is 5.26 Å². The first-order chi connectivity index (χ1) is 13.7. The predicted octanol–water partition coefficient (Wildman–Crippen LogP) is 7.31. The Morgan fingerprint density at radius 3 is 2.18 bits per heavy atom. The first-order valence-corrected chi connectivity index (χ1v) is 9.47. The molecule has 0 aliphatic heterocycles. The van der Waals surface area contributed by atoms with Gasteiger partial charge in [-0.05, 0) is 24.6 Å². The second-order valence-corrected chi connectivity index (χ2v) is 7.07. The number of furan rings is 1. The molecule has 1 heterocycles. The van der Waals surface area contributed by atoms with Gasteiger partial charge in [-0.3, -0.25) is 0 Å². The second-order valence-electron chi connectivity index (χ2n) is 6.66. The lowest BCUT2D eigenvalue weighted by Crippen LogP contribution is -1.89. The Morgan fingerprint density at radius 2 is 1.50 bits per heavy atom. The largest absolute Gasteiger partial charge is 0.455 e. The Bertz CT molecular complexity index is 1150. The minimum Gasteiger partial charge on any atom is -0.455 e. The number of benzene rings is 3. The summed E-state index contributed by atoms with van der Waals surface area (Å²) in [5.41, 5.74) is 5.76. The summed E-state index contributed by atoms with van der Waals surface area (Å²) < 4.78 is 6.40. The first-order valence-electron chi connectivity index (χ1n) is 9.09. The molecule has 4 rings (SSSR count). The van der Waals surface area contributed by atoms with Crippen LogP contribution in [0.5, 0.6) is 0 Å². The molecule has 0 amide bonds. The molecule has 3 aromatic carbocycles. The van der Waals surface area contributed by atoms with Crippen molar-refractivity contribution in [3.8, 4) is 39.8 Å². The van der Waals surface area contributed by atoms with Crippen molar-refractivity contribution in [3.05, 3.63) is 95.0 Å². The molecule has 0 saturated heterocycles. The number of halogens is 1. The summed E-state index contributed by atoms with van der Waals surface area (Å²) in [6.07, 6.45) is 0.251. The lowest BCUT2D eigenvalue weighted by atomic mass is 9.94. The van der Waals surface area contributed by atoms with Crippen molar-refractivity contribution in [2.75, 3.05) is 0 Å². The molecule has 0 atom stereocenters. The summed E-state index contributed by atoms with van der Waals surface area (Å²) in [5.74, 6) is 1.41. The summed E-state index contributed by atoms with van der Waals surface area (Å²) in [6, 6.07) is 28.1. The smallest absolute Gasteiger partial charge is 0.144 e. The Morgan fingerprint density at radius 1 is 0.821 bits per heavy atom. The van der Waals surface area contributed by atoms with Gasteiger partial charge in [0.15, 0.2) is 0 Å². The average Bonchev–Trinajstić information content (AvgIpc) is 3.09. The van der Waals surface area contributed by atoms with Gasteiger partial charge in [0.25, 0.3) is 0 Å². The van der Waals surface area contributed by atoms with Crippen molar-refractivity contribution in [3.63, 3.8) is 0 Å². The third-order valence-corrected chi connectivity index (χ3v) is 5.09. The summed E-state index contributed by atoms with van der Waals surface area (Å²) in [7, 11) is 0. The SMILES string of the molecule is Cc1ccc(-c2c(-c3ccccc3Cl)oc(-c3ccccc3)c2CC#N)cc1. The minimum atomic E-state index is 0.251. The van der Waals surface area contributed by atoms with Crippen LogP contribution in [0.25, 0.3) is 33.8 Å². The molecule has 1 aromatic heterocycles. The van der Waals surface area contributed by atoms with Gasteiger partial charge in [0.2, 0.25) is 0 Å². The van der Waals surface area contributed by atoms with Gasteiger partial charge in [-0.25, -0.2) is 0 Å². The van der Waals surface area contributed by atoms with Gasteiger partial charge in [-0.1, -0.05) is 83.9 Å². The van der Waals surface area contributed by atoms with Crippen molar-refractivity contribution in [1.82, 2.24) is 0 Å². The highest BCUT2D eigenvalue weighted by molar-refractivity contribution is 6.33. The van der Waals surface area contributed by atoms with Gasteiger partial charge < -0.3 is 4.42 Å². The van der Waals surface area contributed by atoms with Crippen LogP contribution in [0.15, 0.2) is 83.3 Å². The number of nitriles is 1. The van der Waals surface area contributed by atoms with Crippen molar-refractivity contribution in [2.24, 2.45) is 0 Å². The van der Waals surface area contributed by atoms with E-state index in [4.69, 9.17) is 16.0 Å². The molecule has 0 N–H and O–H groups in total. The minimum absolute atomic E-state index is 0.251. The molecule has 0 radical (unpaired) electrons. The first kappa shape index (κ1) is 18.1. The van der Waals surface area contributed by atoms with Gasteiger partial charge in [0.05, 0.1) is 17.5 Å². The molecular formula is C25H18ClNO. The van der Waals surface area contributed by atoms with Crippen LogP contribution >= 0.6 is 11.6 Å². The molecule has 0 fully saturated rings. The fourth-order valence-electron chi connectivity index (χ4n) is 3.40. The Hall–Kier alpha value is -3.28. The monoisotopic (exact) mass is 383 g/mol. The van der Waals surface area contributed by atoms with Crippen LogP contribution in [0.2, 0.25) is 5.02 Å². The molecule has 4 aromatic rings. The topological polar surface area (TPSA) is 36.9 Å². The zero-order chi connectivity index (χ0) is 19.5. The fourth-order valence-corrected chi connectivity index (χ4v) is 3.62. The molecule has 136 valence electrons. The highest BCUT2D eigenvalue weighted by Crippen LogP contribution is 2.45. The number of hydrogen-bond acceptors (Lipinski definition) is 2. The molecule has 0 bridgehead atoms. The lowest BCUT2D eigenvalue weighted by molar-refractivity contribution is 0.595. The van der Waals surface area contributed by atoms with Gasteiger partial charge in [-0.15, -0.1) is 0 Å². The van der Waals surface area contributed by atoms with Crippen molar-refractivity contribution in [2.45, 2.75) is 13.3 Å². The molecule has 2 nitrogen and oxygen atoms in total. The van der Waals surface area contributed by atoms with E-state index in [0.29, 0.717) is 16.5 Å². The van der Waals surface area contributed by atoms with E-state index in [2.05, 4.69) is 37.3 Å². The standard InChI is InChI=1S/C25H18ClNO/c1-17-11-13-18(14-12-17)23-21(15-16-27)24(19-7-3-2-4-8-19)28-25(23)20-9-5-6-10-22(20)26/h2-14H,15H2,1H3. The third kappa shape index (κ3) is 3.33. The zero-order valence-corrected chi connectivity index (χ0v) is 16.2. The highest BCUT2D eigenvalue weighted by Gasteiger charge is 2.24. The summed E-state index contributed by atoms with van der Waals surface area (Å²) >= 11 is 6.50. The van der Waals surface area contributed by atoms with E-state index in [1.807, 2.05) is 54.6 Å². The quantitative estimate of drug-likeness (QED) is 0.370. The van der Waals surface area contributed by atoms with Gasteiger partial charge >= 0.3 is 0 Å². The molecule has 0 spiro atoms. The summed E-state index contributed by atoms with van der Waals surface area (Å²) in [5, 5.41) is 10.1. The van der Waals surface area contributed by atoms with Crippen LogP contribution < -0.4 is 0 Å². The number of aryl methyl sites for hydroxylation is 1. The van der Waals surface area contributed by atoms with E-state index in [1.165, 1.54) is 5.56 Å². The summed E-state index contributed by atoms with van der Waals surface area (Å²) in [4.78, 5) is 0. The molecule has 0 aliphatic carbocycles. The maximum absolute atomic E-state index is 9.52. The normalized spacial score (nSPS) is 10.6. The number of hydrogen-bond donors (Lipinski definition) is 0. The van der Waals surface area contributed by atoms with E-state index >= 15 is 0 Å². The summed E-state index contributed by atoms with van der Waals surface area (Å²) in [6.45, 7) is 2.06. The van der Waals surface area contributed by atoms with Crippen LogP contribution in [-0.2, 0) is 6.42 Å². The van der Waals surface area contributed by atoms with Crippen LogP contribution in [0.3, 0.4) is 0 Å². The third-order valence-electron chi connectivity index (χ3n) is 4.76. The molecule has 3 heteroatoms. The maximum Gasteiger partial charge on any atom is 0.144 e. The van der Waals surface area contributed by atoms with E-state index in [0.717, 1.165) is 27.8 Å². The van der Waals surface area contributed by atoms with Crippen molar-refractivity contribution in [1.29, 1.82) is 5.26 Å². The van der Waals surface area contributed by atoms with Crippen LogP contribution in [0, 0.1) is 18.3 Å². The Balaban J connectivity index is 2.06. The molecule has 28 heavy (non-hydrogen) atoms. The predicted molar refractivity (Wildman–Crippen MR) is 114 cm³/mol. The molecule has 0 saturated carbocycles. The van der Waals surface area contributed by atoms with E-state index in [9.17, 15) is 5.26 Å². The van der Waals surface area contributed by atoms with Gasteiger partial charge in [0.1, 0.15) is 11.5 Å². The number of nitrogens with zero attached hydrogens (tertiary/aromatic N) is 1. The Kier molecular flexibility index (Phi) is 5.02. The average molecular weight is 384 g/mol. The van der Waals surface area contributed by atoms with Crippen LogP contribution in [0.1, 0.15) is 11.1 Å². The lowest BCUT2D eigenvalue weighted by Gasteiger charge is -2.07. The van der Waals surface area contributed by atoms with E-state index in [-0.39, 0.29) is 6.42 Å². The zero-order valence-electron chi connectivity index (χ0n) is 15.4. The van der Waals surface area contributed by atoms with E-state index < -0.39 is 0 Å². The number of rotatable bonds is 4. The van der Waals surface area contributed by atoms with Crippen molar-refractivity contribution >= 4 is 11.6 Å².